The third kappa shape index (κ3) is 4.84. The van der Waals surface area contributed by atoms with E-state index in [0.717, 1.165) is 39.5 Å². The first-order valence-corrected chi connectivity index (χ1v) is 10.8. The summed E-state index contributed by atoms with van der Waals surface area (Å²) in [5.74, 6) is 2.02. The average molecular weight is 563 g/mol. The molecule has 3 aromatic carbocycles. The molecule has 0 aliphatic heterocycles. The van der Waals surface area contributed by atoms with Crippen LogP contribution in [0.5, 0.6) is 5.75 Å². The van der Waals surface area contributed by atoms with Crippen LogP contribution in [0, 0.1) is 0 Å². The van der Waals surface area contributed by atoms with Gasteiger partial charge < -0.3 is 20.4 Å². The molecule has 0 unspecified atom stereocenters. The van der Waals surface area contributed by atoms with Crippen LogP contribution >= 0.6 is 24.0 Å². The van der Waals surface area contributed by atoms with Crippen LogP contribution in [0.1, 0.15) is 23.0 Å². The molecule has 7 heteroatoms. The fourth-order valence-corrected chi connectivity index (χ4v) is 4.07. The summed E-state index contributed by atoms with van der Waals surface area (Å²) in [5, 5.41) is 1.17. The second kappa shape index (κ2) is 10.6. The predicted octanol–water partition coefficient (Wildman–Crippen LogP) is 5.87. The zero-order chi connectivity index (χ0) is 22.6. The van der Waals surface area contributed by atoms with E-state index in [4.69, 9.17) is 20.4 Å². The lowest BCUT2D eigenvalue weighted by Gasteiger charge is -2.12. The van der Waals surface area contributed by atoms with E-state index in [1.807, 2.05) is 79.1 Å². The number of amidine groups is 1. The van der Waals surface area contributed by atoms with E-state index in [2.05, 4.69) is 22.1 Å². The van der Waals surface area contributed by atoms with Gasteiger partial charge in [-0.15, -0.1) is 24.0 Å². The van der Waals surface area contributed by atoms with Gasteiger partial charge >= 0.3 is 0 Å². The molecule has 1 atom stereocenters. The second-order valence-electron chi connectivity index (χ2n) is 7.84. The van der Waals surface area contributed by atoms with Gasteiger partial charge in [-0.2, -0.15) is 0 Å². The molecule has 0 fully saturated rings. The molecular weight excluding hydrogens is 537 g/mol. The van der Waals surface area contributed by atoms with Gasteiger partial charge in [-0.1, -0.05) is 60.7 Å². The highest BCUT2D eigenvalue weighted by atomic mass is 127. The smallest absolute Gasteiger partial charge is 0.131 e. The van der Waals surface area contributed by atoms with Crippen LogP contribution in [0.25, 0.3) is 22.2 Å². The van der Waals surface area contributed by atoms with E-state index < -0.39 is 0 Å². The number of ether oxygens (including phenoxy) is 1. The van der Waals surface area contributed by atoms with E-state index in [1.165, 1.54) is 5.39 Å². The highest BCUT2D eigenvalue weighted by Crippen LogP contribution is 2.31. The number of aliphatic imine (C=N–C) groups is 1. The molecule has 2 aromatic heterocycles. The van der Waals surface area contributed by atoms with Crippen LogP contribution in [0.15, 0.2) is 96.2 Å². The topological polar surface area (TPSA) is 92.1 Å². The maximum Gasteiger partial charge on any atom is 0.131 e. The van der Waals surface area contributed by atoms with Crippen molar-refractivity contribution in [1.29, 1.82) is 0 Å². The van der Waals surface area contributed by atoms with Crippen LogP contribution in [0.4, 0.5) is 0 Å². The van der Waals surface area contributed by atoms with Crippen LogP contribution < -0.4 is 10.5 Å². The molecule has 0 aliphatic carbocycles. The molecular formula is C27H26IN5O. The molecule has 34 heavy (non-hydrogen) atoms. The minimum absolute atomic E-state index is 0. The Hall–Kier alpha value is -3.59. The fraction of sp³-hybridized carbons (Fsp3) is 0.111. The summed E-state index contributed by atoms with van der Waals surface area (Å²) in [5.41, 5.74) is 11.4. The Morgan fingerprint density at radius 2 is 1.74 bits per heavy atom. The molecule has 5 aromatic rings. The minimum atomic E-state index is -0.284. The number of H-pyrrole nitrogens is 2. The monoisotopic (exact) mass is 563 g/mol. The number of nitrogens with one attached hydrogen (secondary N) is 2. The van der Waals surface area contributed by atoms with E-state index in [0.29, 0.717) is 12.3 Å². The first-order chi connectivity index (χ1) is 16.2. The zero-order valence-electron chi connectivity index (χ0n) is 18.7. The third-order valence-corrected chi connectivity index (χ3v) is 5.76. The van der Waals surface area contributed by atoms with Crippen molar-refractivity contribution >= 4 is 40.7 Å². The highest BCUT2D eigenvalue weighted by molar-refractivity contribution is 14.0. The van der Waals surface area contributed by atoms with Crippen LogP contribution in [0.3, 0.4) is 0 Å². The molecule has 172 valence electrons. The van der Waals surface area contributed by atoms with Gasteiger partial charge in [0.15, 0.2) is 0 Å². The maximum atomic E-state index is 6.42. The lowest BCUT2D eigenvalue weighted by Crippen LogP contribution is -2.16. The number of hydrogen-bond donors (Lipinski definition) is 3. The first-order valence-electron chi connectivity index (χ1n) is 10.8. The molecule has 0 spiro atoms. The zero-order valence-corrected chi connectivity index (χ0v) is 21.1. The van der Waals surface area contributed by atoms with Crippen LogP contribution in [0.2, 0.25) is 0 Å². The number of halogens is 1. The predicted molar refractivity (Wildman–Crippen MR) is 148 cm³/mol. The largest absolute Gasteiger partial charge is 0.496 e. The Labute approximate surface area is 215 Å². The molecule has 4 N–H and O–H groups in total. The number of aromatic amines is 2. The quantitative estimate of drug-likeness (QED) is 0.131. The Bertz CT molecular complexity index is 1410. The van der Waals surface area contributed by atoms with Gasteiger partial charge in [0.05, 0.1) is 19.0 Å². The van der Waals surface area contributed by atoms with E-state index in [-0.39, 0.29) is 30.0 Å². The number of imidazole rings is 1. The Kier molecular flexibility index (Phi) is 7.32. The van der Waals surface area contributed by atoms with Crippen molar-refractivity contribution in [3.63, 3.8) is 0 Å². The van der Waals surface area contributed by atoms with Crippen LogP contribution in [-0.2, 0) is 6.42 Å². The lowest BCUT2D eigenvalue weighted by atomic mass is 10.0. The third-order valence-electron chi connectivity index (χ3n) is 5.76. The van der Waals surface area contributed by atoms with Gasteiger partial charge in [-0.05, 0) is 23.8 Å². The van der Waals surface area contributed by atoms with Gasteiger partial charge in [0, 0.05) is 34.6 Å². The van der Waals surface area contributed by atoms with Crippen molar-refractivity contribution < 1.29 is 4.74 Å². The van der Waals surface area contributed by atoms with Crippen LogP contribution in [-0.4, -0.2) is 27.9 Å². The summed E-state index contributed by atoms with van der Waals surface area (Å²) in [4.78, 5) is 16.4. The number of benzene rings is 3. The highest BCUT2D eigenvalue weighted by Gasteiger charge is 2.19. The van der Waals surface area contributed by atoms with Crippen molar-refractivity contribution in [2.45, 2.75) is 12.5 Å². The van der Waals surface area contributed by atoms with E-state index in [9.17, 15) is 0 Å². The number of aromatic nitrogens is 3. The van der Waals surface area contributed by atoms with Gasteiger partial charge in [0.25, 0.3) is 0 Å². The Balaban J connectivity index is 0.00000274. The summed E-state index contributed by atoms with van der Waals surface area (Å²) in [7, 11) is 1.67. The Morgan fingerprint density at radius 3 is 2.56 bits per heavy atom. The normalized spacial score (nSPS) is 12.3. The molecule has 0 amide bonds. The summed E-state index contributed by atoms with van der Waals surface area (Å²) in [6.07, 6.45) is 4.51. The molecule has 0 saturated heterocycles. The number of fused-ring (bicyclic) bond motifs is 1. The number of hydrogen-bond acceptors (Lipinski definition) is 3. The van der Waals surface area contributed by atoms with Gasteiger partial charge in [0.1, 0.15) is 23.5 Å². The number of methoxy groups -OCH3 is 1. The maximum absolute atomic E-state index is 6.42. The molecule has 0 radical (unpaired) electrons. The standard InChI is InChI=1S/C27H25N5O.HI/c1-33-25-14-8-6-12-21(25)24-17-30-27(32-24)23(31-26(28)18-9-3-2-4-10-18)15-19-16-29-22-13-7-5-11-20(19)22;/h2-14,16-17,23,29H,15H2,1H3,(H2,28,31)(H,30,32);1H/t23-;/m1./s1. The molecule has 0 saturated carbocycles. The minimum Gasteiger partial charge on any atom is -0.496 e. The number of para-hydroxylation sites is 2. The molecule has 0 aliphatic rings. The Morgan fingerprint density at radius 1 is 1.00 bits per heavy atom. The van der Waals surface area contributed by atoms with Crippen molar-refractivity contribution in [3.05, 3.63) is 108 Å². The first kappa shape index (κ1) is 23.6. The summed E-state index contributed by atoms with van der Waals surface area (Å²) < 4.78 is 5.53. The number of rotatable bonds is 7. The van der Waals surface area contributed by atoms with Crippen molar-refractivity contribution in [1.82, 2.24) is 15.0 Å². The van der Waals surface area contributed by atoms with Crippen molar-refractivity contribution in [2.24, 2.45) is 10.7 Å². The van der Waals surface area contributed by atoms with E-state index in [1.54, 1.807) is 7.11 Å². The van der Waals surface area contributed by atoms with Crippen molar-refractivity contribution in [2.75, 3.05) is 7.11 Å². The lowest BCUT2D eigenvalue weighted by molar-refractivity contribution is 0.416. The van der Waals surface area contributed by atoms with Crippen molar-refractivity contribution in [3.8, 4) is 17.0 Å². The van der Waals surface area contributed by atoms with E-state index >= 15 is 0 Å². The van der Waals surface area contributed by atoms with Gasteiger partial charge in [-0.25, -0.2) is 4.98 Å². The summed E-state index contributed by atoms with van der Waals surface area (Å²) >= 11 is 0. The molecule has 5 rings (SSSR count). The molecule has 2 heterocycles. The average Bonchev–Trinajstić information content (AvgIpc) is 3.52. The molecule has 0 bridgehead atoms. The SMILES string of the molecule is COc1ccccc1-c1cnc([C@@H](Cc2c[nH]c3ccccc23)N=C(N)c2ccccc2)[nH]1.I. The summed E-state index contributed by atoms with van der Waals surface area (Å²) in [6.45, 7) is 0. The van der Waals surface area contributed by atoms with Gasteiger partial charge in [0.2, 0.25) is 0 Å². The summed E-state index contributed by atoms with van der Waals surface area (Å²) in [6, 6.07) is 25.6. The fourth-order valence-electron chi connectivity index (χ4n) is 4.07. The van der Waals surface area contributed by atoms with Gasteiger partial charge in [-0.3, -0.25) is 4.99 Å². The number of nitrogens with zero attached hydrogens (tertiary/aromatic N) is 2. The molecule has 6 nitrogen and oxygen atoms in total. The second-order valence-corrected chi connectivity index (χ2v) is 7.84. The number of nitrogens with two attached hydrogens (primary N) is 1.